The van der Waals surface area contributed by atoms with Crippen LogP contribution in [-0.2, 0) is 6.54 Å². The van der Waals surface area contributed by atoms with Crippen molar-refractivity contribution in [3.63, 3.8) is 0 Å². The lowest BCUT2D eigenvalue weighted by atomic mass is 9.82. The molecule has 0 saturated heterocycles. The number of nitro benzene ring substituents is 1. The van der Waals surface area contributed by atoms with Gasteiger partial charge < -0.3 is 5.32 Å². The molecule has 0 aliphatic heterocycles. The molecule has 0 radical (unpaired) electrons. The summed E-state index contributed by atoms with van der Waals surface area (Å²) in [7, 11) is 0. The van der Waals surface area contributed by atoms with Gasteiger partial charge in [0.2, 0.25) is 0 Å². The number of hydrogen-bond acceptors (Lipinski definition) is 5. The molecule has 0 amide bonds. The maximum absolute atomic E-state index is 11.3. The molecule has 3 aromatic rings. The Bertz CT molecular complexity index is 1010. The van der Waals surface area contributed by atoms with Gasteiger partial charge in [-0.25, -0.2) is 9.67 Å². The number of non-ortho nitro benzene ring substituents is 1. The van der Waals surface area contributed by atoms with E-state index in [1.807, 2.05) is 17.8 Å². The van der Waals surface area contributed by atoms with Crippen molar-refractivity contribution in [2.75, 3.05) is 5.32 Å². The lowest BCUT2D eigenvalue weighted by Gasteiger charge is -2.31. The SMILES string of the molecule is CC[C@H](Nc1c2cc([N+](=O)[O-])ccc2nc2c1cnn2CC)C1CCCCC1. The summed E-state index contributed by atoms with van der Waals surface area (Å²) in [6.07, 6.45) is 9.24. The zero-order valence-corrected chi connectivity index (χ0v) is 16.5. The monoisotopic (exact) mass is 381 g/mol. The largest absolute Gasteiger partial charge is 0.381 e. The van der Waals surface area contributed by atoms with Crippen LogP contribution in [0.5, 0.6) is 0 Å². The van der Waals surface area contributed by atoms with Crippen molar-refractivity contribution in [2.24, 2.45) is 5.92 Å². The van der Waals surface area contributed by atoms with E-state index in [2.05, 4.69) is 17.3 Å². The van der Waals surface area contributed by atoms with Crippen LogP contribution in [0.2, 0.25) is 0 Å². The fourth-order valence-corrected chi connectivity index (χ4v) is 4.53. The van der Waals surface area contributed by atoms with E-state index in [9.17, 15) is 10.1 Å². The molecule has 1 atom stereocenters. The molecule has 148 valence electrons. The van der Waals surface area contributed by atoms with Crippen molar-refractivity contribution in [1.29, 1.82) is 0 Å². The van der Waals surface area contributed by atoms with E-state index in [0.29, 0.717) is 12.0 Å². The second kappa shape index (κ2) is 7.73. The Hall–Kier alpha value is -2.70. The molecular weight excluding hydrogens is 354 g/mol. The van der Waals surface area contributed by atoms with Crippen molar-refractivity contribution in [2.45, 2.75) is 65.0 Å². The molecule has 1 N–H and O–H groups in total. The number of rotatable bonds is 6. The number of aromatic nitrogens is 3. The Kier molecular flexibility index (Phi) is 5.15. The van der Waals surface area contributed by atoms with Crippen LogP contribution in [-0.4, -0.2) is 25.7 Å². The van der Waals surface area contributed by atoms with Gasteiger partial charge in [-0.15, -0.1) is 0 Å². The van der Waals surface area contributed by atoms with E-state index in [-0.39, 0.29) is 10.6 Å². The highest BCUT2D eigenvalue weighted by molar-refractivity contribution is 6.07. The van der Waals surface area contributed by atoms with Gasteiger partial charge in [0.25, 0.3) is 5.69 Å². The summed E-state index contributed by atoms with van der Waals surface area (Å²) in [5, 5.41) is 21.3. The minimum Gasteiger partial charge on any atom is -0.381 e. The molecule has 2 heterocycles. The highest BCUT2D eigenvalue weighted by atomic mass is 16.6. The summed E-state index contributed by atoms with van der Waals surface area (Å²) in [5.74, 6) is 0.636. The maximum atomic E-state index is 11.3. The fourth-order valence-electron chi connectivity index (χ4n) is 4.53. The summed E-state index contributed by atoms with van der Waals surface area (Å²) in [5.41, 5.74) is 2.60. The predicted octanol–water partition coefficient (Wildman–Crippen LogP) is 5.28. The quantitative estimate of drug-likeness (QED) is 0.463. The Morgan fingerprint density at radius 2 is 2.04 bits per heavy atom. The van der Waals surface area contributed by atoms with Gasteiger partial charge in [-0.2, -0.15) is 5.10 Å². The minimum atomic E-state index is -0.346. The standard InChI is InChI=1S/C21H27N5O2/c1-3-18(14-8-6-5-7-9-14)23-20-16-12-15(26(27)28)10-11-19(16)24-21-17(20)13-22-25(21)4-2/h10-14,18H,3-9H2,1-2H3,(H,23,24)/t18-/m0/s1. The Morgan fingerprint density at radius 1 is 1.25 bits per heavy atom. The molecule has 0 spiro atoms. The highest BCUT2D eigenvalue weighted by Crippen LogP contribution is 2.36. The highest BCUT2D eigenvalue weighted by Gasteiger charge is 2.25. The topological polar surface area (TPSA) is 85.9 Å². The Labute approximate surface area is 164 Å². The normalized spacial score (nSPS) is 16.5. The minimum absolute atomic E-state index is 0.0882. The lowest BCUT2D eigenvalue weighted by Crippen LogP contribution is -2.30. The Balaban J connectivity index is 1.87. The Morgan fingerprint density at radius 3 is 2.71 bits per heavy atom. The summed E-state index contributed by atoms with van der Waals surface area (Å²) >= 11 is 0. The van der Waals surface area contributed by atoms with Crippen molar-refractivity contribution in [1.82, 2.24) is 14.8 Å². The number of aryl methyl sites for hydroxylation is 1. The van der Waals surface area contributed by atoms with E-state index in [1.54, 1.807) is 12.1 Å². The molecule has 1 saturated carbocycles. The average molecular weight is 381 g/mol. The summed E-state index contributed by atoms with van der Waals surface area (Å²) in [4.78, 5) is 15.8. The number of nitro groups is 1. The molecule has 7 heteroatoms. The molecule has 7 nitrogen and oxygen atoms in total. The first-order valence-corrected chi connectivity index (χ1v) is 10.3. The zero-order chi connectivity index (χ0) is 19.7. The number of nitrogens with one attached hydrogen (secondary N) is 1. The summed E-state index contributed by atoms with van der Waals surface area (Å²) < 4.78 is 1.88. The first kappa shape index (κ1) is 18.7. The number of hydrogen-bond donors (Lipinski definition) is 1. The van der Waals surface area contributed by atoms with Gasteiger partial charge in [-0.1, -0.05) is 26.2 Å². The third kappa shape index (κ3) is 3.30. The van der Waals surface area contributed by atoms with E-state index < -0.39 is 0 Å². The molecule has 1 aliphatic rings. The average Bonchev–Trinajstić information content (AvgIpc) is 3.14. The number of nitrogens with zero attached hydrogens (tertiary/aromatic N) is 4. The molecular formula is C21H27N5O2. The van der Waals surface area contributed by atoms with Crippen molar-refractivity contribution in [3.8, 4) is 0 Å². The van der Waals surface area contributed by atoms with Gasteiger partial charge in [-0.05, 0) is 38.2 Å². The van der Waals surface area contributed by atoms with Gasteiger partial charge in [0.1, 0.15) is 0 Å². The lowest BCUT2D eigenvalue weighted by molar-refractivity contribution is -0.384. The number of pyridine rings is 1. The van der Waals surface area contributed by atoms with Crippen LogP contribution in [0.4, 0.5) is 11.4 Å². The van der Waals surface area contributed by atoms with Gasteiger partial charge in [0, 0.05) is 30.1 Å². The smallest absolute Gasteiger partial charge is 0.270 e. The molecule has 4 rings (SSSR count). The molecule has 2 aromatic heterocycles. The van der Waals surface area contributed by atoms with Crippen LogP contribution in [0.3, 0.4) is 0 Å². The van der Waals surface area contributed by atoms with Crippen molar-refractivity contribution in [3.05, 3.63) is 34.5 Å². The van der Waals surface area contributed by atoms with Crippen LogP contribution in [0.15, 0.2) is 24.4 Å². The third-order valence-corrected chi connectivity index (χ3v) is 6.06. The van der Waals surface area contributed by atoms with Gasteiger partial charge in [0.05, 0.1) is 27.7 Å². The van der Waals surface area contributed by atoms with Gasteiger partial charge >= 0.3 is 0 Å². The maximum Gasteiger partial charge on any atom is 0.270 e. The molecule has 0 bridgehead atoms. The van der Waals surface area contributed by atoms with E-state index in [0.717, 1.165) is 40.6 Å². The first-order valence-electron chi connectivity index (χ1n) is 10.3. The molecule has 1 fully saturated rings. The molecule has 1 aliphatic carbocycles. The number of fused-ring (bicyclic) bond motifs is 2. The van der Waals surface area contributed by atoms with E-state index in [1.165, 1.54) is 38.2 Å². The third-order valence-electron chi connectivity index (χ3n) is 6.06. The molecule has 0 unspecified atom stereocenters. The number of anilines is 1. The second-order valence-corrected chi connectivity index (χ2v) is 7.70. The fraction of sp³-hybridized carbons (Fsp3) is 0.524. The summed E-state index contributed by atoms with van der Waals surface area (Å²) in [6, 6.07) is 5.25. The van der Waals surface area contributed by atoms with Crippen LogP contribution >= 0.6 is 0 Å². The zero-order valence-electron chi connectivity index (χ0n) is 16.5. The van der Waals surface area contributed by atoms with Gasteiger partial charge in [-0.3, -0.25) is 10.1 Å². The van der Waals surface area contributed by atoms with Crippen molar-refractivity contribution >= 4 is 33.3 Å². The van der Waals surface area contributed by atoms with Crippen LogP contribution in [0.25, 0.3) is 21.9 Å². The van der Waals surface area contributed by atoms with Gasteiger partial charge in [0.15, 0.2) is 5.65 Å². The molecule has 28 heavy (non-hydrogen) atoms. The summed E-state index contributed by atoms with van der Waals surface area (Å²) in [6.45, 7) is 4.98. The van der Waals surface area contributed by atoms with Crippen molar-refractivity contribution < 1.29 is 4.92 Å². The van der Waals surface area contributed by atoms with Crippen LogP contribution < -0.4 is 5.32 Å². The van der Waals surface area contributed by atoms with E-state index in [4.69, 9.17) is 4.98 Å². The second-order valence-electron chi connectivity index (χ2n) is 7.70. The predicted molar refractivity (Wildman–Crippen MR) is 112 cm³/mol. The molecule has 1 aromatic carbocycles. The van der Waals surface area contributed by atoms with Crippen LogP contribution in [0, 0.1) is 16.0 Å². The first-order chi connectivity index (χ1) is 13.6. The van der Waals surface area contributed by atoms with E-state index >= 15 is 0 Å². The number of benzene rings is 1. The van der Waals surface area contributed by atoms with Crippen LogP contribution in [0.1, 0.15) is 52.4 Å².